The van der Waals surface area contributed by atoms with E-state index in [2.05, 4.69) is 48.0 Å². The van der Waals surface area contributed by atoms with Crippen LogP contribution in [0, 0.1) is 5.92 Å². The van der Waals surface area contributed by atoms with Crippen molar-refractivity contribution in [2.75, 3.05) is 0 Å². The molecule has 0 saturated carbocycles. The minimum Gasteiger partial charge on any atom is -0.276 e. The molecule has 0 spiro atoms. The molecule has 0 fully saturated rings. The average Bonchev–Trinajstić information content (AvgIpc) is 3.03. The topological polar surface area (TPSA) is 35.6 Å². The Kier molecular flexibility index (Phi) is 4.99. The Labute approximate surface area is 121 Å². The van der Waals surface area contributed by atoms with Crippen molar-refractivity contribution < 1.29 is 0 Å². The number of rotatable bonds is 7. The van der Waals surface area contributed by atoms with E-state index in [1.54, 1.807) is 0 Å². The van der Waals surface area contributed by atoms with Gasteiger partial charge in [-0.15, -0.1) is 0 Å². The number of nitrogens with zero attached hydrogens (tertiary/aromatic N) is 4. The van der Waals surface area contributed by atoms with E-state index in [1.807, 2.05) is 24.1 Å². The van der Waals surface area contributed by atoms with Gasteiger partial charge >= 0.3 is 0 Å². The van der Waals surface area contributed by atoms with Crippen LogP contribution in [0.2, 0.25) is 0 Å². The Morgan fingerprint density at radius 1 is 1.05 bits per heavy atom. The summed E-state index contributed by atoms with van der Waals surface area (Å²) in [5, 5.41) is 8.66. The van der Waals surface area contributed by atoms with Crippen LogP contribution in [-0.2, 0) is 20.0 Å². The van der Waals surface area contributed by atoms with Gasteiger partial charge < -0.3 is 0 Å². The van der Waals surface area contributed by atoms with Crippen molar-refractivity contribution in [2.45, 2.75) is 52.5 Å². The van der Waals surface area contributed by atoms with Crippen molar-refractivity contribution >= 4 is 0 Å². The Morgan fingerprint density at radius 2 is 1.85 bits per heavy atom. The highest BCUT2D eigenvalue weighted by Gasteiger charge is 2.11. The van der Waals surface area contributed by atoms with E-state index in [0.717, 1.165) is 19.4 Å². The minimum atomic E-state index is 0.583. The third-order valence-electron chi connectivity index (χ3n) is 4.04. The highest BCUT2D eigenvalue weighted by atomic mass is 15.3. The van der Waals surface area contributed by atoms with Gasteiger partial charge in [0.15, 0.2) is 0 Å². The molecule has 1 unspecified atom stereocenters. The number of aryl methyl sites for hydroxylation is 3. The fourth-order valence-corrected chi connectivity index (χ4v) is 2.33. The van der Waals surface area contributed by atoms with Crippen LogP contribution >= 0.6 is 0 Å². The van der Waals surface area contributed by atoms with E-state index in [1.165, 1.54) is 17.5 Å². The van der Waals surface area contributed by atoms with E-state index in [9.17, 15) is 0 Å². The molecule has 2 heterocycles. The van der Waals surface area contributed by atoms with Crippen LogP contribution in [0.25, 0.3) is 0 Å². The van der Waals surface area contributed by atoms with Gasteiger partial charge in [-0.2, -0.15) is 10.2 Å². The van der Waals surface area contributed by atoms with Gasteiger partial charge in [0.25, 0.3) is 0 Å². The summed E-state index contributed by atoms with van der Waals surface area (Å²) in [5.41, 5.74) is 2.68. The lowest BCUT2D eigenvalue weighted by atomic mass is 9.93. The first-order chi connectivity index (χ1) is 9.56. The molecule has 0 amide bonds. The fraction of sp³-hybridized carbons (Fsp3) is 0.625. The highest BCUT2D eigenvalue weighted by Crippen LogP contribution is 2.22. The van der Waals surface area contributed by atoms with Gasteiger partial charge in [-0.1, -0.05) is 20.8 Å². The van der Waals surface area contributed by atoms with Gasteiger partial charge in [0.1, 0.15) is 0 Å². The summed E-state index contributed by atoms with van der Waals surface area (Å²) in [6.07, 6.45) is 11.7. The monoisotopic (exact) mass is 274 g/mol. The van der Waals surface area contributed by atoms with Crippen LogP contribution in [0.5, 0.6) is 0 Å². The van der Waals surface area contributed by atoms with Gasteiger partial charge in [-0.25, -0.2) is 0 Å². The largest absolute Gasteiger partial charge is 0.276 e. The standard InChI is InChI=1S/C16H26N4/c1-13(2)14(3)16-10-18-20(12-16)8-6-5-7-15-9-17-19(4)11-15/h9-14H,5-8H2,1-4H3. The van der Waals surface area contributed by atoms with Gasteiger partial charge in [-0.3, -0.25) is 9.36 Å². The van der Waals surface area contributed by atoms with Crippen LogP contribution in [0.3, 0.4) is 0 Å². The van der Waals surface area contributed by atoms with E-state index < -0.39 is 0 Å². The second-order valence-electron chi connectivity index (χ2n) is 6.05. The van der Waals surface area contributed by atoms with Crippen LogP contribution in [-0.4, -0.2) is 19.6 Å². The molecule has 0 saturated heterocycles. The molecule has 20 heavy (non-hydrogen) atoms. The van der Waals surface area contributed by atoms with E-state index in [4.69, 9.17) is 0 Å². The lowest BCUT2D eigenvalue weighted by Gasteiger charge is -2.12. The summed E-state index contributed by atoms with van der Waals surface area (Å²) < 4.78 is 3.94. The molecule has 0 N–H and O–H groups in total. The lowest BCUT2D eigenvalue weighted by Crippen LogP contribution is -2.01. The van der Waals surface area contributed by atoms with Gasteiger partial charge in [0.05, 0.1) is 12.4 Å². The van der Waals surface area contributed by atoms with Crippen LogP contribution in [0.1, 0.15) is 50.7 Å². The van der Waals surface area contributed by atoms with E-state index >= 15 is 0 Å². The Morgan fingerprint density at radius 3 is 2.50 bits per heavy atom. The van der Waals surface area contributed by atoms with Crippen molar-refractivity contribution in [3.8, 4) is 0 Å². The van der Waals surface area contributed by atoms with Crippen LogP contribution in [0.4, 0.5) is 0 Å². The third-order valence-corrected chi connectivity index (χ3v) is 4.04. The summed E-state index contributed by atoms with van der Waals surface area (Å²) in [4.78, 5) is 0. The van der Waals surface area contributed by atoms with E-state index in [0.29, 0.717) is 11.8 Å². The van der Waals surface area contributed by atoms with Crippen molar-refractivity contribution in [3.05, 3.63) is 35.9 Å². The van der Waals surface area contributed by atoms with Crippen molar-refractivity contribution in [3.63, 3.8) is 0 Å². The summed E-state index contributed by atoms with van der Waals surface area (Å²) in [6.45, 7) is 7.80. The summed E-state index contributed by atoms with van der Waals surface area (Å²) in [6, 6.07) is 0. The SMILES string of the molecule is CC(C)C(C)c1cnn(CCCCc2cnn(C)c2)c1. The molecule has 0 aromatic carbocycles. The number of aromatic nitrogens is 4. The summed E-state index contributed by atoms with van der Waals surface area (Å²) in [5.74, 6) is 1.25. The molecule has 1 atom stereocenters. The smallest absolute Gasteiger partial charge is 0.0524 e. The molecule has 0 aliphatic rings. The first kappa shape index (κ1) is 14.8. The maximum atomic E-state index is 4.47. The molecule has 0 bridgehead atoms. The average molecular weight is 274 g/mol. The fourth-order valence-electron chi connectivity index (χ4n) is 2.33. The molecule has 2 rings (SSSR count). The molecule has 0 radical (unpaired) electrons. The Balaban J connectivity index is 1.74. The molecule has 0 aliphatic carbocycles. The molecular weight excluding hydrogens is 248 g/mol. The lowest BCUT2D eigenvalue weighted by molar-refractivity contribution is 0.530. The molecule has 2 aromatic heterocycles. The third kappa shape index (κ3) is 3.95. The molecule has 110 valence electrons. The molecule has 2 aromatic rings. The zero-order valence-electron chi connectivity index (χ0n) is 13.1. The number of hydrogen-bond donors (Lipinski definition) is 0. The minimum absolute atomic E-state index is 0.583. The summed E-state index contributed by atoms with van der Waals surface area (Å²) >= 11 is 0. The Hall–Kier alpha value is -1.58. The quantitative estimate of drug-likeness (QED) is 0.725. The van der Waals surface area contributed by atoms with Gasteiger partial charge in [0.2, 0.25) is 0 Å². The predicted octanol–water partition coefficient (Wildman–Crippen LogP) is 3.40. The van der Waals surface area contributed by atoms with Crippen molar-refractivity contribution in [1.29, 1.82) is 0 Å². The van der Waals surface area contributed by atoms with E-state index in [-0.39, 0.29) is 0 Å². The van der Waals surface area contributed by atoms with Gasteiger partial charge in [-0.05, 0) is 42.2 Å². The Bertz CT molecular complexity index is 524. The zero-order valence-corrected chi connectivity index (χ0v) is 13.1. The predicted molar refractivity (Wildman–Crippen MR) is 81.6 cm³/mol. The van der Waals surface area contributed by atoms with Gasteiger partial charge in [0, 0.05) is 26.0 Å². The maximum absolute atomic E-state index is 4.47. The zero-order chi connectivity index (χ0) is 14.5. The first-order valence-corrected chi connectivity index (χ1v) is 7.56. The van der Waals surface area contributed by atoms with Crippen molar-refractivity contribution in [1.82, 2.24) is 19.6 Å². The second-order valence-corrected chi connectivity index (χ2v) is 6.05. The molecular formula is C16H26N4. The molecule has 4 nitrogen and oxygen atoms in total. The van der Waals surface area contributed by atoms with Crippen LogP contribution < -0.4 is 0 Å². The summed E-state index contributed by atoms with van der Waals surface area (Å²) in [7, 11) is 1.96. The number of hydrogen-bond acceptors (Lipinski definition) is 2. The van der Waals surface area contributed by atoms with Crippen molar-refractivity contribution in [2.24, 2.45) is 13.0 Å². The number of unbranched alkanes of at least 4 members (excludes halogenated alkanes) is 1. The van der Waals surface area contributed by atoms with Crippen LogP contribution in [0.15, 0.2) is 24.8 Å². The first-order valence-electron chi connectivity index (χ1n) is 7.56. The normalized spacial score (nSPS) is 13.1. The molecule has 0 aliphatic heterocycles. The second kappa shape index (κ2) is 6.73. The highest BCUT2D eigenvalue weighted by molar-refractivity contribution is 5.10. The molecule has 4 heteroatoms. The maximum Gasteiger partial charge on any atom is 0.0524 e.